The third-order valence-electron chi connectivity index (χ3n) is 2.89. The van der Waals surface area contributed by atoms with E-state index in [1.165, 1.54) is 0 Å². The van der Waals surface area contributed by atoms with Gasteiger partial charge in [-0.15, -0.1) is 0 Å². The van der Waals surface area contributed by atoms with Crippen LogP contribution in [0.25, 0.3) is 0 Å². The van der Waals surface area contributed by atoms with E-state index in [2.05, 4.69) is 0 Å². The van der Waals surface area contributed by atoms with Crippen molar-refractivity contribution in [1.82, 2.24) is 0 Å². The van der Waals surface area contributed by atoms with Gasteiger partial charge in [-0.2, -0.15) is 0 Å². The Labute approximate surface area is 110 Å². The Morgan fingerprint density at radius 3 is 1.28 bits per heavy atom. The molecule has 0 spiro atoms. The van der Waals surface area contributed by atoms with Crippen molar-refractivity contribution in [1.29, 1.82) is 0 Å². The quantitative estimate of drug-likeness (QED) is 0.704. The maximum atomic E-state index is 9.29. The van der Waals surface area contributed by atoms with E-state index in [1.54, 1.807) is 48.5 Å². The highest BCUT2D eigenvalue weighted by Gasteiger charge is 2.22. The molecule has 0 fully saturated rings. The maximum absolute atomic E-state index is 9.29. The van der Waals surface area contributed by atoms with Crippen LogP contribution < -0.4 is 10.9 Å². The van der Waals surface area contributed by atoms with Crippen LogP contribution in [0, 0.1) is 0 Å². The number of rotatable bonds is 3. The van der Waals surface area contributed by atoms with Gasteiger partial charge in [-0.25, -0.2) is 0 Å². The molecule has 0 heterocycles. The van der Waals surface area contributed by atoms with Crippen molar-refractivity contribution < 1.29 is 10.2 Å². The van der Waals surface area contributed by atoms with Crippen LogP contribution in [0.1, 0.15) is 0 Å². The van der Waals surface area contributed by atoms with Crippen LogP contribution in [0.5, 0.6) is 11.5 Å². The summed E-state index contributed by atoms with van der Waals surface area (Å²) in [6.45, 7) is -0.175. The second-order valence-corrected chi connectivity index (χ2v) is 4.24. The number of benzene rings is 2. The molecule has 0 aromatic heterocycles. The molecule has 0 saturated heterocycles. The molecule has 0 saturated carbocycles. The first kappa shape index (κ1) is 12.7. The van der Waals surface area contributed by atoms with E-state index in [-0.39, 0.29) is 18.1 Å². The average Bonchev–Trinajstić information content (AvgIpc) is 2.34. The SMILES string of the molecule is [B]B([B])B(c1ccc(O)cc1)c1ccc(O)cc1. The van der Waals surface area contributed by atoms with Gasteiger partial charge >= 0.3 is 0 Å². The molecule has 2 N–H and O–H groups in total. The highest BCUT2D eigenvalue weighted by molar-refractivity contribution is 7.62. The van der Waals surface area contributed by atoms with Crippen molar-refractivity contribution in [3.05, 3.63) is 48.5 Å². The van der Waals surface area contributed by atoms with Gasteiger partial charge in [0.1, 0.15) is 11.5 Å². The van der Waals surface area contributed by atoms with Crippen molar-refractivity contribution in [3.8, 4) is 11.5 Å². The Hall–Kier alpha value is -1.70. The van der Waals surface area contributed by atoms with Crippen molar-refractivity contribution in [2.45, 2.75) is 0 Å². The third kappa shape index (κ3) is 2.76. The molecule has 2 rings (SSSR count). The molecule has 0 atom stereocenters. The van der Waals surface area contributed by atoms with Crippen LogP contribution in [0.15, 0.2) is 48.5 Å². The Morgan fingerprint density at radius 2 is 1.00 bits per heavy atom. The zero-order valence-corrected chi connectivity index (χ0v) is 9.82. The highest BCUT2D eigenvalue weighted by atomic mass is 16.3. The van der Waals surface area contributed by atoms with Crippen LogP contribution in [0.2, 0.25) is 0 Å². The summed E-state index contributed by atoms with van der Waals surface area (Å²) in [6, 6.07) is 13.6. The number of phenolic OH excluding ortho intramolecular Hbond substituents is 2. The van der Waals surface area contributed by atoms with E-state index < -0.39 is 6.39 Å². The molecule has 0 aliphatic heterocycles. The molecular weight excluding hydrogens is 219 g/mol. The fourth-order valence-electron chi connectivity index (χ4n) is 2.00. The molecule has 0 amide bonds. The summed E-state index contributed by atoms with van der Waals surface area (Å²) in [6.07, 6.45) is -0.556. The van der Waals surface area contributed by atoms with E-state index in [4.69, 9.17) is 15.5 Å². The van der Waals surface area contributed by atoms with E-state index in [0.29, 0.717) is 0 Å². The minimum atomic E-state index is -0.556. The zero-order chi connectivity index (χ0) is 13.1. The lowest BCUT2D eigenvalue weighted by molar-refractivity contribution is 0.475. The molecule has 4 radical (unpaired) electrons. The second-order valence-electron chi connectivity index (χ2n) is 4.24. The number of aromatic hydroxyl groups is 2. The van der Waals surface area contributed by atoms with Crippen molar-refractivity contribution in [2.75, 3.05) is 0 Å². The summed E-state index contributed by atoms with van der Waals surface area (Å²) in [5.74, 6) is 0.405. The smallest absolute Gasteiger partial charge is 0.160 e. The van der Waals surface area contributed by atoms with Gasteiger partial charge < -0.3 is 10.2 Å². The van der Waals surface area contributed by atoms with Crippen LogP contribution in [-0.4, -0.2) is 38.7 Å². The van der Waals surface area contributed by atoms with Crippen LogP contribution >= 0.6 is 0 Å². The lowest BCUT2D eigenvalue weighted by atomic mass is 8.90. The first-order chi connectivity index (χ1) is 8.58. The Bertz CT molecular complexity index is 465. The topological polar surface area (TPSA) is 40.5 Å². The lowest BCUT2D eigenvalue weighted by Crippen LogP contribution is -2.55. The predicted molar refractivity (Wildman–Crippen MR) is 78.5 cm³/mol. The Kier molecular flexibility index (Phi) is 3.75. The van der Waals surface area contributed by atoms with Gasteiger partial charge in [0.05, 0.1) is 0 Å². The second kappa shape index (κ2) is 5.30. The summed E-state index contributed by atoms with van der Waals surface area (Å²) >= 11 is 0. The summed E-state index contributed by atoms with van der Waals surface area (Å²) in [7, 11) is 11.7. The van der Waals surface area contributed by atoms with Crippen molar-refractivity contribution in [2.24, 2.45) is 0 Å². The molecule has 2 nitrogen and oxygen atoms in total. The monoisotopic (exact) mass is 230 g/mol. The summed E-state index contributed by atoms with van der Waals surface area (Å²) in [4.78, 5) is 0. The molecule has 2 aromatic rings. The third-order valence-corrected chi connectivity index (χ3v) is 2.89. The van der Waals surface area contributed by atoms with Gasteiger partial charge in [0.25, 0.3) is 0 Å². The predicted octanol–water partition coefficient (Wildman–Crippen LogP) is -0.390. The number of hydrogen-bond acceptors (Lipinski definition) is 2. The van der Waals surface area contributed by atoms with E-state index in [0.717, 1.165) is 10.9 Å². The number of phenols is 2. The summed E-state index contributed by atoms with van der Waals surface area (Å²) in [5.41, 5.74) is 1.85. The first-order valence-corrected chi connectivity index (χ1v) is 5.67. The number of hydrogen-bond donors (Lipinski definition) is 2. The molecule has 18 heavy (non-hydrogen) atoms. The minimum absolute atomic E-state index is 0.175. The van der Waals surface area contributed by atoms with Gasteiger partial charge in [0, 0.05) is 21.9 Å². The van der Waals surface area contributed by atoms with Crippen LogP contribution in [0.3, 0.4) is 0 Å². The van der Waals surface area contributed by atoms with E-state index >= 15 is 0 Å². The summed E-state index contributed by atoms with van der Waals surface area (Å²) in [5, 5.41) is 18.6. The minimum Gasteiger partial charge on any atom is -0.508 e. The largest absolute Gasteiger partial charge is 0.508 e. The van der Waals surface area contributed by atoms with Crippen molar-refractivity contribution >= 4 is 39.4 Å². The molecule has 0 aliphatic rings. The van der Waals surface area contributed by atoms with Gasteiger partial charge in [-0.1, -0.05) is 35.2 Å². The normalized spacial score (nSPS) is 10.0. The van der Waals surface area contributed by atoms with E-state index in [1.807, 2.05) is 0 Å². The summed E-state index contributed by atoms with van der Waals surface area (Å²) < 4.78 is 0. The molecule has 2 aromatic carbocycles. The Balaban J connectivity index is 2.39. The molecule has 0 aliphatic carbocycles. The van der Waals surface area contributed by atoms with Gasteiger partial charge in [-0.3, -0.25) is 0 Å². The highest BCUT2D eigenvalue weighted by Crippen LogP contribution is 2.07. The van der Waals surface area contributed by atoms with Crippen molar-refractivity contribution in [3.63, 3.8) is 0 Å². The van der Waals surface area contributed by atoms with Crippen LogP contribution in [-0.2, 0) is 0 Å². The Morgan fingerprint density at radius 1 is 0.667 bits per heavy atom. The molecule has 6 heteroatoms. The lowest BCUT2D eigenvalue weighted by Gasteiger charge is -2.18. The zero-order valence-electron chi connectivity index (χ0n) is 9.82. The van der Waals surface area contributed by atoms with Crippen LogP contribution in [0.4, 0.5) is 0 Å². The average molecular weight is 229 g/mol. The van der Waals surface area contributed by atoms with Gasteiger partial charge in [-0.05, 0) is 24.3 Å². The molecular formula is C12H10B4O2. The standard InChI is InChI=1S/C12H10B4O2/c13-16(14)15(9-1-5-11(17)6-2-9)10-3-7-12(18)8-4-10/h1-8,17-18H. The molecule has 82 valence electrons. The molecule has 0 unspecified atom stereocenters. The van der Waals surface area contributed by atoms with E-state index in [9.17, 15) is 10.2 Å². The fourth-order valence-corrected chi connectivity index (χ4v) is 2.00. The fraction of sp³-hybridized carbons (Fsp3) is 0. The maximum Gasteiger partial charge on any atom is 0.160 e. The first-order valence-electron chi connectivity index (χ1n) is 5.67. The molecule has 0 bridgehead atoms. The van der Waals surface area contributed by atoms with Gasteiger partial charge in [0.2, 0.25) is 0 Å². The van der Waals surface area contributed by atoms with Gasteiger partial charge in [0.15, 0.2) is 6.60 Å².